The molecule has 0 unspecified atom stereocenters. The van der Waals surface area contributed by atoms with E-state index in [2.05, 4.69) is 5.32 Å². The molecule has 0 spiro atoms. The molecule has 1 atom stereocenters. The third-order valence-corrected chi connectivity index (χ3v) is 2.89. The molecule has 0 bridgehead atoms. The normalized spacial score (nSPS) is 12.0. The number of carbonyl (C=O) groups is 3. The number of aldehydes is 2. The van der Waals surface area contributed by atoms with Crippen LogP contribution in [0.2, 0.25) is 0 Å². The Balaban J connectivity index is 2.74. The molecule has 1 rings (SSSR count). The lowest BCUT2D eigenvalue weighted by molar-refractivity contribution is -0.110. The zero-order valence-corrected chi connectivity index (χ0v) is 14.7. The average molecular weight is 336 g/mol. The van der Waals surface area contributed by atoms with Crippen LogP contribution in [0.4, 0.5) is 10.5 Å². The van der Waals surface area contributed by atoms with Crippen LogP contribution in [-0.2, 0) is 9.53 Å². The van der Waals surface area contributed by atoms with Gasteiger partial charge in [0.1, 0.15) is 36.6 Å². The maximum Gasteiger partial charge on any atom is 0.408 e. The summed E-state index contributed by atoms with van der Waals surface area (Å²) >= 11 is 0. The zero-order chi connectivity index (χ0) is 18.3. The van der Waals surface area contributed by atoms with Crippen molar-refractivity contribution >= 4 is 24.4 Å². The Bertz CT molecular complexity index is 593. The van der Waals surface area contributed by atoms with Crippen LogP contribution in [0.3, 0.4) is 0 Å². The Morgan fingerprint density at radius 1 is 1.29 bits per heavy atom. The molecule has 0 saturated heterocycles. The number of alkyl carbamates (subject to hydrolysis) is 1. The van der Waals surface area contributed by atoms with E-state index in [-0.39, 0.29) is 6.61 Å². The van der Waals surface area contributed by atoms with E-state index >= 15 is 0 Å². The number of carbonyl (C=O) groups excluding carboxylic acids is 3. The second kappa shape index (κ2) is 8.33. The van der Waals surface area contributed by atoms with Gasteiger partial charge in [0.25, 0.3) is 0 Å². The van der Waals surface area contributed by atoms with Gasteiger partial charge in [-0.05, 0) is 39.0 Å². The maximum atomic E-state index is 11.7. The van der Waals surface area contributed by atoms with Gasteiger partial charge >= 0.3 is 6.09 Å². The summed E-state index contributed by atoms with van der Waals surface area (Å²) < 4.78 is 10.7. The van der Waals surface area contributed by atoms with Crippen molar-refractivity contribution in [2.24, 2.45) is 0 Å². The van der Waals surface area contributed by atoms with E-state index < -0.39 is 17.7 Å². The minimum absolute atomic E-state index is 0.0516. The summed E-state index contributed by atoms with van der Waals surface area (Å²) in [5.74, 6) is 0.503. The first-order chi connectivity index (χ1) is 11.2. The first-order valence-electron chi connectivity index (χ1n) is 7.50. The molecule has 1 amide bonds. The molecular formula is C17H24N2O5. The minimum atomic E-state index is -0.847. The van der Waals surface area contributed by atoms with Gasteiger partial charge in [-0.15, -0.1) is 0 Å². The van der Waals surface area contributed by atoms with Gasteiger partial charge in [0.15, 0.2) is 0 Å². The Morgan fingerprint density at radius 3 is 2.46 bits per heavy atom. The first kappa shape index (κ1) is 19.5. The van der Waals surface area contributed by atoms with Gasteiger partial charge < -0.3 is 24.5 Å². The standard InChI is InChI=1S/C17H24N2O5/c1-17(2,3)24-16(22)18-13(10-21)11-23-15-7-6-12(9-20)8-14(15)19(4)5/h6-10,13H,11H2,1-5H3,(H,18,22)/t13-/m1/s1. The highest BCUT2D eigenvalue weighted by molar-refractivity contribution is 5.79. The van der Waals surface area contributed by atoms with Crippen molar-refractivity contribution < 1.29 is 23.9 Å². The van der Waals surface area contributed by atoms with Crippen molar-refractivity contribution in [3.8, 4) is 5.75 Å². The van der Waals surface area contributed by atoms with Crippen LogP contribution in [-0.4, -0.2) is 51.0 Å². The molecule has 0 aromatic heterocycles. The SMILES string of the molecule is CN(C)c1cc(C=O)ccc1OC[C@@H](C=O)NC(=O)OC(C)(C)C. The number of rotatable bonds is 7. The molecule has 1 aromatic rings. The third-order valence-electron chi connectivity index (χ3n) is 2.89. The van der Waals surface area contributed by atoms with E-state index in [4.69, 9.17) is 9.47 Å². The summed E-state index contributed by atoms with van der Waals surface area (Å²) in [5.41, 5.74) is 0.563. The number of hydrogen-bond donors (Lipinski definition) is 1. The van der Waals surface area contributed by atoms with E-state index in [1.54, 1.807) is 43.9 Å². The predicted octanol–water partition coefficient (Wildman–Crippen LogP) is 2.04. The number of benzene rings is 1. The van der Waals surface area contributed by atoms with Gasteiger partial charge in [-0.1, -0.05) is 0 Å². The van der Waals surface area contributed by atoms with Crippen LogP contribution in [0.5, 0.6) is 5.75 Å². The molecule has 0 aliphatic heterocycles. The molecule has 0 saturated carbocycles. The third kappa shape index (κ3) is 6.28. The predicted molar refractivity (Wildman–Crippen MR) is 90.9 cm³/mol. The quantitative estimate of drug-likeness (QED) is 0.767. The van der Waals surface area contributed by atoms with Gasteiger partial charge in [0, 0.05) is 19.7 Å². The fraction of sp³-hybridized carbons (Fsp3) is 0.471. The Labute approximate surface area is 141 Å². The lowest BCUT2D eigenvalue weighted by Gasteiger charge is -2.22. The molecular weight excluding hydrogens is 312 g/mol. The molecule has 1 aromatic carbocycles. The van der Waals surface area contributed by atoms with Crippen LogP contribution >= 0.6 is 0 Å². The molecule has 0 aliphatic carbocycles. The number of ether oxygens (including phenoxy) is 2. The van der Waals surface area contributed by atoms with Crippen molar-refractivity contribution in [2.45, 2.75) is 32.4 Å². The van der Waals surface area contributed by atoms with Gasteiger partial charge in [0.2, 0.25) is 0 Å². The highest BCUT2D eigenvalue weighted by Gasteiger charge is 2.20. The van der Waals surface area contributed by atoms with E-state index in [1.807, 2.05) is 14.1 Å². The number of anilines is 1. The first-order valence-corrected chi connectivity index (χ1v) is 7.50. The molecule has 7 nitrogen and oxygen atoms in total. The monoisotopic (exact) mass is 336 g/mol. The van der Waals surface area contributed by atoms with Gasteiger partial charge in [-0.25, -0.2) is 4.79 Å². The highest BCUT2D eigenvalue weighted by Crippen LogP contribution is 2.27. The summed E-state index contributed by atoms with van der Waals surface area (Å²) in [7, 11) is 3.62. The van der Waals surface area contributed by atoms with E-state index in [0.717, 1.165) is 6.29 Å². The van der Waals surface area contributed by atoms with Crippen molar-refractivity contribution in [2.75, 3.05) is 25.6 Å². The van der Waals surface area contributed by atoms with E-state index in [0.29, 0.717) is 23.3 Å². The average Bonchev–Trinajstić information content (AvgIpc) is 2.49. The summed E-state index contributed by atoms with van der Waals surface area (Å²) in [6, 6.07) is 4.10. The van der Waals surface area contributed by atoms with Crippen molar-refractivity contribution in [1.29, 1.82) is 0 Å². The molecule has 7 heteroatoms. The molecule has 0 radical (unpaired) electrons. The number of hydrogen-bond acceptors (Lipinski definition) is 6. The zero-order valence-electron chi connectivity index (χ0n) is 14.7. The van der Waals surface area contributed by atoms with Crippen molar-refractivity contribution in [3.63, 3.8) is 0 Å². The Morgan fingerprint density at radius 2 is 1.96 bits per heavy atom. The van der Waals surface area contributed by atoms with Crippen LogP contribution in [0, 0.1) is 0 Å². The van der Waals surface area contributed by atoms with E-state index in [9.17, 15) is 14.4 Å². The summed E-state index contributed by atoms with van der Waals surface area (Å²) in [4.78, 5) is 35.5. The Kier molecular flexibility index (Phi) is 6.76. The van der Waals surface area contributed by atoms with Crippen LogP contribution < -0.4 is 15.0 Å². The van der Waals surface area contributed by atoms with Crippen LogP contribution in [0.15, 0.2) is 18.2 Å². The van der Waals surface area contributed by atoms with Crippen LogP contribution in [0.1, 0.15) is 31.1 Å². The summed E-state index contributed by atoms with van der Waals surface area (Å²) in [6.07, 6.45) is 0.640. The smallest absolute Gasteiger partial charge is 0.408 e. The Hall–Kier alpha value is -2.57. The largest absolute Gasteiger partial charge is 0.489 e. The second-order valence-corrected chi connectivity index (χ2v) is 6.44. The number of nitrogens with one attached hydrogen (secondary N) is 1. The second-order valence-electron chi connectivity index (χ2n) is 6.44. The minimum Gasteiger partial charge on any atom is -0.489 e. The van der Waals surface area contributed by atoms with E-state index in [1.165, 1.54) is 0 Å². The van der Waals surface area contributed by atoms with Crippen LogP contribution in [0.25, 0.3) is 0 Å². The van der Waals surface area contributed by atoms with Crippen molar-refractivity contribution in [1.82, 2.24) is 5.32 Å². The lowest BCUT2D eigenvalue weighted by Crippen LogP contribution is -2.43. The molecule has 132 valence electrons. The summed E-state index contributed by atoms with van der Waals surface area (Å²) in [6.45, 7) is 5.15. The highest BCUT2D eigenvalue weighted by atomic mass is 16.6. The topological polar surface area (TPSA) is 84.9 Å². The molecule has 0 aliphatic rings. The number of nitrogens with zero attached hydrogens (tertiary/aromatic N) is 1. The molecule has 0 fully saturated rings. The molecule has 0 heterocycles. The lowest BCUT2D eigenvalue weighted by atomic mass is 10.2. The number of amides is 1. The van der Waals surface area contributed by atoms with Gasteiger partial charge in [-0.3, -0.25) is 4.79 Å². The molecule has 24 heavy (non-hydrogen) atoms. The summed E-state index contributed by atoms with van der Waals surface area (Å²) in [5, 5.41) is 2.44. The fourth-order valence-corrected chi connectivity index (χ4v) is 1.83. The fourth-order valence-electron chi connectivity index (χ4n) is 1.83. The molecule has 1 N–H and O–H groups in total. The van der Waals surface area contributed by atoms with Gasteiger partial charge in [0.05, 0.1) is 5.69 Å². The maximum absolute atomic E-state index is 11.7. The van der Waals surface area contributed by atoms with Gasteiger partial charge in [-0.2, -0.15) is 0 Å². The van der Waals surface area contributed by atoms with Crippen molar-refractivity contribution in [3.05, 3.63) is 23.8 Å².